The maximum Gasteiger partial charge on any atom is 0.522 e. The molecule has 1 rings (SSSR count). The summed E-state index contributed by atoms with van der Waals surface area (Å²) in [4.78, 5) is 0. The number of hydrogen-bond donors (Lipinski definition) is 1. The van der Waals surface area contributed by atoms with Gasteiger partial charge in [-0.05, 0) is 24.6 Å². The highest BCUT2D eigenvalue weighted by molar-refractivity contribution is 6.32. The van der Waals surface area contributed by atoms with Crippen LogP contribution in [0.5, 0.6) is 5.75 Å². The maximum atomic E-state index is 11.7. The fourth-order valence-electron chi connectivity index (χ4n) is 1.20. The van der Waals surface area contributed by atoms with E-state index in [4.69, 9.17) is 16.3 Å². The summed E-state index contributed by atoms with van der Waals surface area (Å²) in [5.41, 5.74) is 0.596. The monoisotopic (exact) mass is 284 g/mol. The van der Waals surface area contributed by atoms with Crippen LogP contribution >= 0.6 is 11.6 Å². The Morgan fingerprint density at radius 2 is 2.00 bits per heavy atom. The van der Waals surface area contributed by atoms with E-state index in [0.717, 1.165) is 0 Å². The highest BCUT2D eigenvalue weighted by Gasteiger charge is 2.28. The Morgan fingerprint density at radius 1 is 1.33 bits per heavy atom. The highest BCUT2D eigenvalue weighted by Crippen LogP contribution is 2.28. The third kappa shape index (κ3) is 5.12. The van der Waals surface area contributed by atoms with Crippen molar-refractivity contribution in [2.75, 3.05) is 13.2 Å². The second-order valence-corrected chi connectivity index (χ2v) is 3.92. The van der Waals surface area contributed by atoms with Crippen LogP contribution < -0.4 is 4.74 Å². The number of halogens is 4. The zero-order valence-electron chi connectivity index (χ0n) is 9.50. The zero-order chi connectivity index (χ0) is 13.8. The summed E-state index contributed by atoms with van der Waals surface area (Å²) in [6.07, 6.45) is -5.34. The van der Waals surface area contributed by atoms with Crippen molar-refractivity contribution in [3.63, 3.8) is 0 Å². The van der Waals surface area contributed by atoms with Gasteiger partial charge in [-0.1, -0.05) is 17.7 Å². The Bertz CT molecular complexity index is 394. The average molecular weight is 285 g/mol. The first-order valence-electron chi connectivity index (χ1n) is 5.10. The lowest BCUT2D eigenvalue weighted by atomic mass is 10.1. The second kappa shape index (κ2) is 6.26. The molecule has 1 N–H and O–H groups in total. The van der Waals surface area contributed by atoms with Gasteiger partial charge in [0.05, 0.1) is 17.7 Å². The van der Waals surface area contributed by atoms with E-state index in [1.165, 1.54) is 12.1 Å². The van der Waals surface area contributed by atoms with Gasteiger partial charge in [0.15, 0.2) is 0 Å². The molecule has 102 valence electrons. The summed E-state index contributed by atoms with van der Waals surface area (Å²) in [7, 11) is 0. The molecule has 1 aromatic carbocycles. The van der Waals surface area contributed by atoms with Gasteiger partial charge in [0.1, 0.15) is 12.4 Å². The van der Waals surface area contributed by atoms with E-state index >= 15 is 0 Å². The first-order valence-corrected chi connectivity index (χ1v) is 5.48. The van der Waals surface area contributed by atoms with E-state index in [2.05, 4.69) is 4.74 Å². The van der Waals surface area contributed by atoms with Crippen molar-refractivity contribution in [3.05, 3.63) is 28.8 Å². The van der Waals surface area contributed by atoms with E-state index in [1.807, 2.05) is 0 Å². The van der Waals surface area contributed by atoms with Crippen LogP contribution in [0.3, 0.4) is 0 Å². The van der Waals surface area contributed by atoms with Gasteiger partial charge in [0.25, 0.3) is 0 Å². The highest BCUT2D eigenvalue weighted by atomic mass is 35.5. The van der Waals surface area contributed by atoms with Crippen LogP contribution in [0.25, 0.3) is 0 Å². The zero-order valence-corrected chi connectivity index (χ0v) is 10.3. The number of aliphatic hydroxyl groups excluding tert-OH is 1. The molecule has 0 bridgehead atoms. The smallest absolute Gasteiger partial charge is 0.490 e. The number of hydrogen-bond acceptors (Lipinski definition) is 3. The van der Waals surface area contributed by atoms with E-state index < -0.39 is 19.1 Å². The molecule has 0 aliphatic rings. The predicted octanol–water partition coefficient (Wildman–Crippen LogP) is 3.31. The summed E-state index contributed by atoms with van der Waals surface area (Å²) in [5.74, 6) is 0.242. The van der Waals surface area contributed by atoms with Gasteiger partial charge in [-0.3, -0.25) is 4.74 Å². The van der Waals surface area contributed by atoms with Crippen molar-refractivity contribution in [3.8, 4) is 5.75 Å². The molecule has 7 heteroatoms. The molecular weight excluding hydrogens is 273 g/mol. The number of rotatable bonds is 5. The van der Waals surface area contributed by atoms with Gasteiger partial charge >= 0.3 is 6.36 Å². The Labute approximate surface area is 107 Å². The molecule has 0 heterocycles. The van der Waals surface area contributed by atoms with E-state index in [9.17, 15) is 18.3 Å². The van der Waals surface area contributed by atoms with Gasteiger partial charge in [0.2, 0.25) is 0 Å². The van der Waals surface area contributed by atoms with Crippen molar-refractivity contribution in [1.82, 2.24) is 0 Å². The summed E-state index contributed by atoms with van der Waals surface area (Å²) < 4.78 is 43.6. The molecule has 18 heavy (non-hydrogen) atoms. The molecular formula is C11H12ClF3O3. The summed E-state index contributed by atoms with van der Waals surface area (Å²) in [5, 5.41) is 9.52. The number of alkyl halides is 3. The number of ether oxygens (including phenoxy) is 2. The summed E-state index contributed by atoms with van der Waals surface area (Å²) >= 11 is 5.84. The van der Waals surface area contributed by atoms with Crippen LogP contribution in [0, 0.1) is 0 Å². The van der Waals surface area contributed by atoms with Crippen molar-refractivity contribution < 1.29 is 27.8 Å². The third-order valence-electron chi connectivity index (χ3n) is 2.04. The molecule has 0 amide bonds. The SMILES string of the molecule is C[C@@H](O)c1ccc(OCCOC(F)(F)F)c(Cl)c1. The van der Waals surface area contributed by atoms with E-state index in [-0.39, 0.29) is 17.4 Å². The molecule has 0 aliphatic heterocycles. The molecule has 1 aromatic rings. The molecule has 0 saturated carbocycles. The summed E-state index contributed by atoms with van der Waals surface area (Å²) in [6.45, 7) is 0.689. The standard InChI is InChI=1S/C11H12ClF3O3/c1-7(16)8-2-3-10(9(12)6-8)17-4-5-18-11(13,14)15/h2-3,6-7,16H,4-5H2,1H3/t7-/m1/s1. The normalized spacial score (nSPS) is 13.4. The molecule has 0 aromatic heterocycles. The summed E-state index contributed by atoms with van der Waals surface area (Å²) in [6, 6.07) is 4.56. The Balaban J connectivity index is 2.48. The Kier molecular flexibility index (Phi) is 5.25. The molecule has 3 nitrogen and oxygen atoms in total. The van der Waals surface area contributed by atoms with Gasteiger partial charge in [-0.15, -0.1) is 13.2 Å². The average Bonchev–Trinajstić information content (AvgIpc) is 2.24. The Hall–Kier alpha value is -0.980. The minimum Gasteiger partial charge on any atom is -0.490 e. The minimum atomic E-state index is -4.66. The third-order valence-corrected chi connectivity index (χ3v) is 2.34. The van der Waals surface area contributed by atoms with Gasteiger partial charge in [0, 0.05) is 0 Å². The molecule has 0 spiro atoms. The fraction of sp³-hybridized carbons (Fsp3) is 0.455. The lowest BCUT2D eigenvalue weighted by Crippen LogP contribution is -2.18. The van der Waals surface area contributed by atoms with Crippen molar-refractivity contribution in [2.45, 2.75) is 19.4 Å². The first kappa shape index (κ1) is 15.1. The molecule has 1 atom stereocenters. The van der Waals surface area contributed by atoms with Crippen LogP contribution in [0.1, 0.15) is 18.6 Å². The van der Waals surface area contributed by atoms with E-state index in [1.54, 1.807) is 13.0 Å². The quantitative estimate of drug-likeness (QED) is 0.843. The molecule has 0 radical (unpaired) electrons. The lowest BCUT2D eigenvalue weighted by molar-refractivity contribution is -0.325. The Morgan fingerprint density at radius 3 is 2.50 bits per heavy atom. The molecule has 0 fully saturated rings. The van der Waals surface area contributed by atoms with Gasteiger partial charge < -0.3 is 9.84 Å². The maximum absolute atomic E-state index is 11.7. The number of aliphatic hydroxyl groups is 1. The number of benzene rings is 1. The van der Waals surface area contributed by atoms with Crippen molar-refractivity contribution in [2.24, 2.45) is 0 Å². The lowest BCUT2D eigenvalue weighted by Gasteiger charge is -2.11. The van der Waals surface area contributed by atoms with Crippen molar-refractivity contribution in [1.29, 1.82) is 0 Å². The fourth-order valence-corrected chi connectivity index (χ4v) is 1.45. The molecule has 0 unspecified atom stereocenters. The van der Waals surface area contributed by atoms with Crippen LogP contribution in [0.2, 0.25) is 5.02 Å². The first-order chi connectivity index (χ1) is 8.29. The van der Waals surface area contributed by atoms with E-state index in [0.29, 0.717) is 5.56 Å². The van der Waals surface area contributed by atoms with Crippen LogP contribution in [-0.4, -0.2) is 24.7 Å². The van der Waals surface area contributed by atoms with Gasteiger partial charge in [-0.2, -0.15) is 0 Å². The molecule has 0 saturated heterocycles. The van der Waals surface area contributed by atoms with Crippen LogP contribution in [0.4, 0.5) is 13.2 Å². The largest absolute Gasteiger partial charge is 0.522 e. The minimum absolute atomic E-state index is 0.223. The van der Waals surface area contributed by atoms with Gasteiger partial charge in [-0.25, -0.2) is 0 Å². The topological polar surface area (TPSA) is 38.7 Å². The second-order valence-electron chi connectivity index (χ2n) is 3.51. The van der Waals surface area contributed by atoms with Crippen LogP contribution in [-0.2, 0) is 4.74 Å². The van der Waals surface area contributed by atoms with Crippen molar-refractivity contribution >= 4 is 11.6 Å². The predicted molar refractivity (Wildman–Crippen MR) is 59.6 cm³/mol. The van der Waals surface area contributed by atoms with Crippen LogP contribution in [0.15, 0.2) is 18.2 Å². The molecule has 0 aliphatic carbocycles.